The van der Waals surface area contributed by atoms with Crippen LogP contribution in [-0.4, -0.2) is 41.4 Å². The summed E-state index contributed by atoms with van der Waals surface area (Å²) in [5.41, 5.74) is 0.535. The fourth-order valence-electron chi connectivity index (χ4n) is 3.25. The van der Waals surface area contributed by atoms with E-state index in [1.54, 1.807) is 10.9 Å². The third-order valence-corrected chi connectivity index (χ3v) is 4.66. The predicted octanol–water partition coefficient (Wildman–Crippen LogP) is 2.28. The van der Waals surface area contributed by atoms with Gasteiger partial charge in [0.2, 0.25) is 5.91 Å². The normalized spacial score (nSPS) is 17.0. The number of hydrogen-bond acceptors (Lipinski definition) is 4. The number of halogens is 1. The van der Waals surface area contributed by atoms with Crippen LogP contribution in [0.2, 0.25) is 0 Å². The Labute approximate surface area is 160 Å². The Bertz CT molecular complexity index is 699. The van der Waals surface area contributed by atoms with Gasteiger partial charge in [0.05, 0.1) is 6.04 Å². The number of rotatable bonds is 6. The van der Waals surface area contributed by atoms with Crippen LogP contribution in [0.3, 0.4) is 0 Å². The van der Waals surface area contributed by atoms with Gasteiger partial charge in [-0.25, -0.2) is 0 Å². The van der Waals surface area contributed by atoms with Crippen LogP contribution in [0.4, 0.5) is 0 Å². The molecule has 1 amide bonds. The summed E-state index contributed by atoms with van der Waals surface area (Å²) in [4.78, 5) is 13.0. The molecule has 142 valence electrons. The summed E-state index contributed by atoms with van der Waals surface area (Å²) in [6.45, 7) is 6.04. The Hall–Kier alpha value is -2.05. The zero-order valence-electron chi connectivity index (χ0n) is 15.3. The molecule has 0 aliphatic carbocycles. The van der Waals surface area contributed by atoms with Crippen LogP contribution in [0.1, 0.15) is 25.3 Å². The van der Waals surface area contributed by atoms with Gasteiger partial charge in [0, 0.05) is 12.4 Å². The molecular weight excluding hydrogens is 352 g/mol. The van der Waals surface area contributed by atoms with Gasteiger partial charge in [0.15, 0.2) is 0 Å². The quantitative estimate of drug-likeness (QED) is 0.809. The molecule has 2 N–H and O–H groups in total. The van der Waals surface area contributed by atoms with E-state index >= 15 is 0 Å². The van der Waals surface area contributed by atoms with E-state index < -0.39 is 5.54 Å². The summed E-state index contributed by atoms with van der Waals surface area (Å²) in [6, 6.07) is 9.70. The predicted molar refractivity (Wildman–Crippen MR) is 104 cm³/mol. The zero-order valence-corrected chi connectivity index (χ0v) is 16.1. The first-order chi connectivity index (χ1) is 12.1. The number of aromatic nitrogens is 2. The highest BCUT2D eigenvalue weighted by Gasteiger charge is 2.42. The Morgan fingerprint density at radius 1 is 1.38 bits per heavy atom. The van der Waals surface area contributed by atoms with E-state index in [1.807, 2.05) is 50.4 Å². The molecule has 3 rings (SSSR count). The molecule has 26 heavy (non-hydrogen) atoms. The van der Waals surface area contributed by atoms with Crippen molar-refractivity contribution in [3.05, 3.63) is 48.3 Å². The first-order valence-corrected chi connectivity index (χ1v) is 8.81. The largest absolute Gasteiger partial charge is 0.491 e. The number of aryl methyl sites for hydroxylation is 1. The third-order valence-electron chi connectivity index (χ3n) is 4.66. The number of carbonyl (C=O) groups is 1. The summed E-state index contributed by atoms with van der Waals surface area (Å²) in [5.74, 6) is 0.836. The number of ether oxygens (including phenoxy) is 1. The van der Waals surface area contributed by atoms with Crippen molar-refractivity contribution in [3.63, 3.8) is 0 Å². The van der Waals surface area contributed by atoms with Crippen molar-refractivity contribution < 1.29 is 9.53 Å². The molecule has 0 bridgehead atoms. The second-order valence-electron chi connectivity index (χ2n) is 6.73. The number of nitrogens with one attached hydrogen (secondary N) is 2. The van der Waals surface area contributed by atoms with Crippen molar-refractivity contribution in [3.8, 4) is 5.75 Å². The molecule has 0 radical (unpaired) electrons. The average molecular weight is 379 g/mol. The number of nitrogens with zero attached hydrogens (tertiary/aromatic N) is 2. The molecule has 1 aliphatic rings. The maximum Gasteiger partial charge on any atom is 0.248 e. The molecule has 2 heterocycles. The Morgan fingerprint density at radius 2 is 2.15 bits per heavy atom. The summed E-state index contributed by atoms with van der Waals surface area (Å²) < 4.78 is 7.61. The van der Waals surface area contributed by atoms with Crippen molar-refractivity contribution in [1.82, 2.24) is 20.4 Å². The minimum atomic E-state index is -0.619. The van der Waals surface area contributed by atoms with Crippen LogP contribution in [0, 0.1) is 6.92 Å². The molecule has 1 fully saturated rings. The monoisotopic (exact) mass is 378 g/mol. The average Bonchev–Trinajstić information content (AvgIpc) is 3.16. The molecular formula is C19H27ClN4O2. The topological polar surface area (TPSA) is 68.2 Å². The molecule has 1 aliphatic heterocycles. The van der Waals surface area contributed by atoms with E-state index in [0.29, 0.717) is 6.61 Å². The summed E-state index contributed by atoms with van der Waals surface area (Å²) in [6.07, 6.45) is 5.05. The van der Waals surface area contributed by atoms with E-state index in [-0.39, 0.29) is 24.4 Å². The molecule has 1 aromatic heterocycles. The minimum Gasteiger partial charge on any atom is -0.491 e. The molecule has 1 saturated heterocycles. The van der Waals surface area contributed by atoms with E-state index in [1.165, 1.54) is 0 Å². The zero-order chi connectivity index (χ0) is 17.7. The molecule has 6 nitrogen and oxygen atoms in total. The number of carbonyl (C=O) groups excluding carboxylic acids is 1. The third kappa shape index (κ3) is 4.56. The van der Waals surface area contributed by atoms with Crippen molar-refractivity contribution in [2.24, 2.45) is 0 Å². The van der Waals surface area contributed by atoms with Gasteiger partial charge in [-0.05, 0) is 63.5 Å². The number of benzene rings is 1. The fraction of sp³-hybridized carbons (Fsp3) is 0.474. The van der Waals surface area contributed by atoms with Crippen LogP contribution in [0.5, 0.6) is 5.75 Å². The first-order valence-electron chi connectivity index (χ1n) is 8.81. The highest BCUT2D eigenvalue weighted by atomic mass is 35.5. The second kappa shape index (κ2) is 9.05. The molecule has 7 heteroatoms. The van der Waals surface area contributed by atoms with Crippen LogP contribution >= 0.6 is 12.4 Å². The number of amides is 1. The minimum absolute atomic E-state index is 0. The highest BCUT2D eigenvalue weighted by molar-refractivity contribution is 5.85. The Kier molecular flexibility index (Phi) is 7.06. The van der Waals surface area contributed by atoms with Crippen LogP contribution in [-0.2, 0) is 10.3 Å². The standard InChI is InChI=1S/C19H26N4O2.ClH/c1-15-5-3-6-17(13-15)25-14-16(2)22-18(24)19(7-10-20-11-8-19)23-12-4-9-21-23;/h3-6,9,12-13,16,20H,7-8,10-11,14H2,1-2H3,(H,22,24);1H. The molecule has 0 saturated carbocycles. The van der Waals surface area contributed by atoms with Crippen LogP contribution < -0.4 is 15.4 Å². The Balaban J connectivity index is 0.00000243. The summed E-state index contributed by atoms with van der Waals surface area (Å²) in [7, 11) is 0. The lowest BCUT2D eigenvalue weighted by Crippen LogP contribution is -2.56. The lowest BCUT2D eigenvalue weighted by molar-refractivity contribution is -0.132. The van der Waals surface area contributed by atoms with Crippen molar-refractivity contribution >= 4 is 18.3 Å². The van der Waals surface area contributed by atoms with E-state index in [4.69, 9.17) is 4.74 Å². The van der Waals surface area contributed by atoms with E-state index in [9.17, 15) is 4.79 Å². The van der Waals surface area contributed by atoms with Gasteiger partial charge < -0.3 is 15.4 Å². The molecule has 2 aromatic rings. The van der Waals surface area contributed by atoms with E-state index in [2.05, 4.69) is 15.7 Å². The van der Waals surface area contributed by atoms with Gasteiger partial charge in [-0.3, -0.25) is 9.48 Å². The highest BCUT2D eigenvalue weighted by Crippen LogP contribution is 2.27. The summed E-state index contributed by atoms with van der Waals surface area (Å²) >= 11 is 0. The number of piperidine rings is 1. The van der Waals surface area contributed by atoms with Gasteiger partial charge in [-0.1, -0.05) is 12.1 Å². The van der Waals surface area contributed by atoms with Crippen molar-refractivity contribution in [1.29, 1.82) is 0 Å². The number of hydrogen-bond donors (Lipinski definition) is 2. The fourth-order valence-corrected chi connectivity index (χ4v) is 3.25. The smallest absolute Gasteiger partial charge is 0.248 e. The summed E-state index contributed by atoms with van der Waals surface area (Å²) in [5, 5.41) is 10.8. The molecule has 1 unspecified atom stereocenters. The Morgan fingerprint density at radius 3 is 2.81 bits per heavy atom. The SMILES string of the molecule is Cc1cccc(OCC(C)NC(=O)C2(n3cccn3)CCNCC2)c1.Cl. The van der Waals surface area contributed by atoms with Gasteiger partial charge in [-0.15, -0.1) is 12.4 Å². The van der Waals surface area contributed by atoms with E-state index in [0.717, 1.165) is 37.2 Å². The van der Waals surface area contributed by atoms with Gasteiger partial charge >= 0.3 is 0 Å². The first kappa shape index (κ1) is 20.3. The molecule has 1 atom stereocenters. The lowest BCUT2D eigenvalue weighted by atomic mass is 9.87. The lowest BCUT2D eigenvalue weighted by Gasteiger charge is -2.37. The van der Waals surface area contributed by atoms with Gasteiger partial charge in [0.1, 0.15) is 17.9 Å². The second-order valence-corrected chi connectivity index (χ2v) is 6.73. The van der Waals surface area contributed by atoms with Gasteiger partial charge in [0.25, 0.3) is 0 Å². The molecule has 1 aromatic carbocycles. The maximum atomic E-state index is 13.0. The van der Waals surface area contributed by atoms with Crippen molar-refractivity contribution in [2.45, 2.75) is 38.3 Å². The maximum absolute atomic E-state index is 13.0. The molecule has 0 spiro atoms. The van der Waals surface area contributed by atoms with Crippen LogP contribution in [0.25, 0.3) is 0 Å². The van der Waals surface area contributed by atoms with Crippen molar-refractivity contribution in [2.75, 3.05) is 19.7 Å². The van der Waals surface area contributed by atoms with Gasteiger partial charge in [-0.2, -0.15) is 5.10 Å². The van der Waals surface area contributed by atoms with Crippen LogP contribution in [0.15, 0.2) is 42.7 Å².